The van der Waals surface area contributed by atoms with Gasteiger partial charge in [-0.15, -0.1) is 0 Å². The van der Waals surface area contributed by atoms with Crippen molar-refractivity contribution in [3.8, 4) is 0 Å². The molecule has 4 nitrogen and oxygen atoms in total. The molecule has 0 radical (unpaired) electrons. The second kappa shape index (κ2) is 5.14. The molecule has 1 aromatic carbocycles. The minimum atomic E-state index is -0.181. The van der Waals surface area contributed by atoms with Gasteiger partial charge < -0.3 is 9.84 Å². The summed E-state index contributed by atoms with van der Waals surface area (Å²) < 4.78 is 5.82. The van der Waals surface area contributed by atoms with Crippen molar-refractivity contribution in [1.29, 1.82) is 0 Å². The zero-order chi connectivity index (χ0) is 12.3. The number of nitrogens with one attached hydrogen (secondary N) is 1. The van der Waals surface area contributed by atoms with E-state index in [4.69, 9.17) is 4.52 Å². The van der Waals surface area contributed by atoms with Gasteiger partial charge in [0.1, 0.15) is 11.3 Å². The summed E-state index contributed by atoms with van der Waals surface area (Å²) in [5, 5.41) is 6.38. The second-order valence-corrected chi connectivity index (χ2v) is 4.42. The van der Waals surface area contributed by atoms with E-state index in [0.717, 1.165) is 10.0 Å². The summed E-state index contributed by atoms with van der Waals surface area (Å²) in [7, 11) is 0. The fourth-order valence-corrected chi connectivity index (χ4v) is 1.85. The molecule has 0 saturated heterocycles. The largest absolute Gasteiger partial charge is 0.361 e. The van der Waals surface area contributed by atoms with E-state index in [1.807, 2.05) is 24.3 Å². The smallest absolute Gasteiger partial charge is 0.256 e. The van der Waals surface area contributed by atoms with Crippen LogP contribution >= 0.6 is 15.9 Å². The van der Waals surface area contributed by atoms with Crippen molar-refractivity contribution in [2.24, 2.45) is 0 Å². The topological polar surface area (TPSA) is 55.1 Å². The Bertz CT molecular complexity index is 537. The summed E-state index contributed by atoms with van der Waals surface area (Å²) in [4.78, 5) is 11.8. The third-order valence-electron chi connectivity index (χ3n) is 2.39. The number of carbonyl (C=O) groups excluding carboxylic acids is 1. The SMILES string of the molecule is Cc1oncc1C(=O)NCc1ccccc1Br. The fourth-order valence-electron chi connectivity index (χ4n) is 1.43. The molecule has 0 aliphatic heterocycles. The van der Waals surface area contributed by atoms with Crippen molar-refractivity contribution in [3.63, 3.8) is 0 Å². The van der Waals surface area contributed by atoms with Crippen LogP contribution in [0.2, 0.25) is 0 Å². The minimum Gasteiger partial charge on any atom is -0.361 e. The molecular formula is C12H11BrN2O2. The predicted molar refractivity (Wildman–Crippen MR) is 66.6 cm³/mol. The summed E-state index contributed by atoms with van der Waals surface area (Å²) in [5.41, 5.74) is 1.49. The Morgan fingerprint density at radius 2 is 2.24 bits per heavy atom. The lowest BCUT2D eigenvalue weighted by Gasteiger charge is -2.05. The highest BCUT2D eigenvalue weighted by molar-refractivity contribution is 9.10. The number of nitrogens with zero attached hydrogens (tertiary/aromatic N) is 1. The molecule has 1 N–H and O–H groups in total. The highest BCUT2D eigenvalue weighted by Crippen LogP contribution is 2.15. The average molecular weight is 295 g/mol. The van der Waals surface area contributed by atoms with E-state index in [0.29, 0.717) is 17.9 Å². The van der Waals surface area contributed by atoms with E-state index in [-0.39, 0.29) is 5.91 Å². The second-order valence-electron chi connectivity index (χ2n) is 3.57. The molecule has 88 valence electrons. The molecule has 5 heteroatoms. The lowest BCUT2D eigenvalue weighted by atomic mass is 10.2. The first-order valence-corrected chi connectivity index (χ1v) is 5.90. The van der Waals surface area contributed by atoms with Crippen LogP contribution in [0, 0.1) is 6.92 Å². The van der Waals surface area contributed by atoms with Crippen LogP contribution in [0.3, 0.4) is 0 Å². The van der Waals surface area contributed by atoms with Gasteiger partial charge in [-0.05, 0) is 18.6 Å². The normalized spacial score (nSPS) is 10.2. The number of hydrogen-bond donors (Lipinski definition) is 1. The zero-order valence-electron chi connectivity index (χ0n) is 9.24. The Morgan fingerprint density at radius 3 is 2.88 bits per heavy atom. The highest BCUT2D eigenvalue weighted by atomic mass is 79.9. The highest BCUT2D eigenvalue weighted by Gasteiger charge is 2.12. The summed E-state index contributed by atoms with van der Waals surface area (Å²) in [5.74, 6) is 0.342. The maximum absolute atomic E-state index is 11.8. The monoisotopic (exact) mass is 294 g/mol. The number of rotatable bonds is 3. The van der Waals surface area contributed by atoms with Gasteiger partial charge in [0.05, 0.1) is 6.20 Å². The number of hydrogen-bond acceptors (Lipinski definition) is 3. The molecule has 1 heterocycles. The van der Waals surface area contributed by atoms with Gasteiger partial charge in [0.15, 0.2) is 0 Å². The van der Waals surface area contributed by atoms with Crippen LogP contribution in [-0.2, 0) is 6.54 Å². The maximum Gasteiger partial charge on any atom is 0.256 e. The molecule has 0 aliphatic rings. The molecule has 17 heavy (non-hydrogen) atoms. The van der Waals surface area contributed by atoms with E-state index in [9.17, 15) is 4.79 Å². The van der Waals surface area contributed by atoms with E-state index in [1.54, 1.807) is 6.92 Å². The number of halogens is 1. The van der Waals surface area contributed by atoms with Gasteiger partial charge in [-0.25, -0.2) is 0 Å². The van der Waals surface area contributed by atoms with Gasteiger partial charge >= 0.3 is 0 Å². The van der Waals surface area contributed by atoms with Crippen molar-refractivity contribution in [1.82, 2.24) is 10.5 Å². The van der Waals surface area contributed by atoms with E-state index in [2.05, 4.69) is 26.4 Å². The first-order chi connectivity index (χ1) is 8.18. The number of carbonyl (C=O) groups is 1. The van der Waals surface area contributed by atoms with Crippen molar-refractivity contribution >= 4 is 21.8 Å². The fraction of sp³-hybridized carbons (Fsp3) is 0.167. The summed E-state index contributed by atoms with van der Waals surface area (Å²) >= 11 is 3.43. The van der Waals surface area contributed by atoms with Gasteiger partial charge in [-0.1, -0.05) is 39.3 Å². The lowest BCUT2D eigenvalue weighted by molar-refractivity contribution is 0.0949. The van der Waals surface area contributed by atoms with E-state index in [1.165, 1.54) is 6.20 Å². The molecule has 1 amide bonds. The number of aryl methyl sites for hydroxylation is 1. The molecule has 2 aromatic rings. The summed E-state index contributed by atoms with van der Waals surface area (Å²) in [6.07, 6.45) is 1.42. The van der Waals surface area contributed by atoms with E-state index >= 15 is 0 Å². The summed E-state index contributed by atoms with van der Waals surface area (Å²) in [6.45, 7) is 2.17. The van der Waals surface area contributed by atoms with Gasteiger partial charge in [0, 0.05) is 11.0 Å². The van der Waals surface area contributed by atoms with Crippen LogP contribution in [0.5, 0.6) is 0 Å². The number of aromatic nitrogens is 1. The van der Waals surface area contributed by atoms with Crippen LogP contribution < -0.4 is 5.32 Å². The van der Waals surface area contributed by atoms with Crippen LogP contribution in [0.4, 0.5) is 0 Å². The van der Waals surface area contributed by atoms with Gasteiger partial charge in [0.2, 0.25) is 0 Å². The molecule has 0 unspecified atom stereocenters. The maximum atomic E-state index is 11.8. The molecule has 0 atom stereocenters. The Morgan fingerprint density at radius 1 is 1.47 bits per heavy atom. The minimum absolute atomic E-state index is 0.181. The van der Waals surface area contributed by atoms with Gasteiger partial charge in [-0.3, -0.25) is 4.79 Å². The standard InChI is InChI=1S/C12H11BrN2O2/c1-8-10(7-15-17-8)12(16)14-6-9-4-2-3-5-11(9)13/h2-5,7H,6H2,1H3,(H,14,16). The molecule has 0 aliphatic carbocycles. The molecule has 1 aromatic heterocycles. The van der Waals surface area contributed by atoms with Gasteiger partial charge in [-0.2, -0.15) is 0 Å². The number of benzene rings is 1. The third kappa shape index (κ3) is 2.74. The predicted octanol–water partition coefficient (Wildman–Crippen LogP) is 2.68. The average Bonchev–Trinajstić information content (AvgIpc) is 2.74. The van der Waals surface area contributed by atoms with Crippen molar-refractivity contribution in [2.75, 3.05) is 0 Å². The first kappa shape index (κ1) is 11.9. The van der Waals surface area contributed by atoms with Gasteiger partial charge in [0.25, 0.3) is 5.91 Å². The Kier molecular flexibility index (Phi) is 3.58. The Hall–Kier alpha value is -1.62. The first-order valence-electron chi connectivity index (χ1n) is 5.11. The van der Waals surface area contributed by atoms with Crippen molar-refractivity contribution in [2.45, 2.75) is 13.5 Å². The third-order valence-corrected chi connectivity index (χ3v) is 3.17. The van der Waals surface area contributed by atoms with Crippen molar-refractivity contribution in [3.05, 3.63) is 51.8 Å². The molecule has 0 saturated carbocycles. The van der Waals surface area contributed by atoms with Crippen molar-refractivity contribution < 1.29 is 9.32 Å². The van der Waals surface area contributed by atoms with Crippen LogP contribution in [-0.4, -0.2) is 11.1 Å². The lowest BCUT2D eigenvalue weighted by Crippen LogP contribution is -2.23. The van der Waals surface area contributed by atoms with Crippen LogP contribution in [0.15, 0.2) is 39.5 Å². The summed E-state index contributed by atoms with van der Waals surface area (Å²) in [6, 6.07) is 7.74. The van der Waals surface area contributed by atoms with Crippen LogP contribution in [0.25, 0.3) is 0 Å². The molecular weight excluding hydrogens is 284 g/mol. The quantitative estimate of drug-likeness (QED) is 0.947. The number of amides is 1. The molecule has 0 spiro atoms. The van der Waals surface area contributed by atoms with E-state index < -0.39 is 0 Å². The molecule has 2 rings (SSSR count). The zero-order valence-corrected chi connectivity index (χ0v) is 10.8. The Labute approximate surface area is 107 Å². The Balaban J connectivity index is 2.02. The molecule has 0 fully saturated rings. The molecule has 0 bridgehead atoms. The van der Waals surface area contributed by atoms with Crippen LogP contribution in [0.1, 0.15) is 21.7 Å².